The molecule has 2 rings (SSSR count). The molecule has 0 aliphatic heterocycles. The van der Waals surface area contributed by atoms with E-state index < -0.39 is 0 Å². The molecule has 2 N–H and O–H groups in total. The lowest BCUT2D eigenvalue weighted by atomic mass is 10.2. The molecule has 0 heterocycles. The summed E-state index contributed by atoms with van der Waals surface area (Å²) in [6.07, 6.45) is 2.96. The van der Waals surface area contributed by atoms with Crippen molar-refractivity contribution in [3.8, 4) is 0 Å². The first-order valence-electron chi connectivity index (χ1n) is 7.39. The van der Waals surface area contributed by atoms with Crippen LogP contribution in [0.5, 0.6) is 0 Å². The van der Waals surface area contributed by atoms with Gasteiger partial charge in [0.15, 0.2) is 0 Å². The first-order chi connectivity index (χ1) is 10.1. The Balaban J connectivity index is 1.75. The smallest absolute Gasteiger partial charge is 0.225 e. The fourth-order valence-electron chi connectivity index (χ4n) is 2.37. The molecule has 21 heavy (non-hydrogen) atoms. The van der Waals surface area contributed by atoms with Crippen LogP contribution in [0.15, 0.2) is 18.2 Å². The van der Waals surface area contributed by atoms with Gasteiger partial charge in [0.05, 0.1) is 6.61 Å². The number of halogens is 1. The Morgan fingerprint density at radius 3 is 2.90 bits per heavy atom. The molecule has 1 atom stereocenters. The van der Waals surface area contributed by atoms with Crippen molar-refractivity contribution in [2.45, 2.75) is 32.2 Å². The summed E-state index contributed by atoms with van der Waals surface area (Å²) in [5, 5.41) is 6.99. The van der Waals surface area contributed by atoms with Crippen LogP contribution in [0.3, 0.4) is 0 Å². The maximum atomic E-state index is 12.0. The third-order valence-corrected chi connectivity index (χ3v) is 4.25. The summed E-state index contributed by atoms with van der Waals surface area (Å²) in [4.78, 5) is 12.0. The van der Waals surface area contributed by atoms with Crippen LogP contribution in [-0.2, 0) is 9.53 Å². The van der Waals surface area contributed by atoms with Gasteiger partial charge in [0.25, 0.3) is 0 Å². The highest BCUT2D eigenvalue weighted by Gasteiger charge is 2.30. The van der Waals surface area contributed by atoms with E-state index in [0.717, 1.165) is 11.3 Å². The molecule has 0 unspecified atom stereocenters. The predicted molar refractivity (Wildman–Crippen MR) is 85.8 cm³/mol. The summed E-state index contributed by atoms with van der Waals surface area (Å²) < 4.78 is 5.21. The number of anilines is 1. The van der Waals surface area contributed by atoms with E-state index in [4.69, 9.17) is 16.3 Å². The second-order valence-corrected chi connectivity index (χ2v) is 5.97. The number of carbonyl (C=O) groups excluding carboxylic acids is 1. The van der Waals surface area contributed by atoms with Crippen molar-refractivity contribution in [3.63, 3.8) is 0 Å². The van der Waals surface area contributed by atoms with Crippen LogP contribution < -0.4 is 10.6 Å². The number of carbonyl (C=O) groups is 1. The minimum atomic E-state index is -0.000157. The van der Waals surface area contributed by atoms with Crippen molar-refractivity contribution in [2.75, 3.05) is 25.6 Å². The van der Waals surface area contributed by atoms with Crippen LogP contribution >= 0.6 is 11.6 Å². The SMILES string of the molecule is COC[C@H](NCCC(=O)Nc1cccc(Cl)c1C)C1CC1. The van der Waals surface area contributed by atoms with Crippen molar-refractivity contribution in [1.82, 2.24) is 5.32 Å². The van der Waals surface area contributed by atoms with Gasteiger partial charge in [0, 0.05) is 36.8 Å². The zero-order valence-electron chi connectivity index (χ0n) is 12.6. The van der Waals surface area contributed by atoms with Crippen molar-refractivity contribution in [2.24, 2.45) is 5.92 Å². The molecule has 1 aromatic rings. The molecule has 1 aromatic carbocycles. The van der Waals surface area contributed by atoms with E-state index in [-0.39, 0.29) is 5.91 Å². The third kappa shape index (κ3) is 4.99. The lowest BCUT2D eigenvalue weighted by Gasteiger charge is -2.17. The van der Waals surface area contributed by atoms with Crippen LogP contribution in [0.25, 0.3) is 0 Å². The second-order valence-electron chi connectivity index (χ2n) is 5.56. The Morgan fingerprint density at radius 1 is 1.48 bits per heavy atom. The summed E-state index contributed by atoms with van der Waals surface area (Å²) >= 11 is 6.04. The molecular formula is C16H23ClN2O2. The summed E-state index contributed by atoms with van der Waals surface area (Å²) in [7, 11) is 1.71. The van der Waals surface area contributed by atoms with E-state index in [1.807, 2.05) is 25.1 Å². The molecule has 1 saturated carbocycles. The largest absolute Gasteiger partial charge is 0.383 e. The molecule has 0 saturated heterocycles. The zero-order chi connectivity index (χ0) is 15.2. The highest BCUT2D eigenvalue weighted by molar-refractivity contribution is 6.31. The number of amides is 1. The summed E-state index contributed by atoms with van der Waals surface area (Å²) in [6, 6.07) is 5.89. The van der Waals surface area contributed by atoms with Gasteiger partial charge in [-0.1, -0.05) is 17.7 Å². The maximum Gasteiger partial charge on any atom is 0.225 e. The molecule has 0 bridgehead atoms. The normalized spacial score (nSPS) is 15.8. The van der Waals surface area contributed by atoms with Gasteiger partial charge in [-0.05, 0) is 43.4 Å². The molecule has 1 fully saturated rings. The highest BCUT2D eigenvalue weighted by atomic mass is 35.5. The van der Waals surface area contributed by atoms with Gasteiger partial charge < -0.3 is 15.4 Å². The van der Waals surface area contributed by atoms with Crippen LogP contribution in [0.1, 0.15) is 24.8 Å². The molecular weight excluding hydrogens is 288 g/mol. The Labute approximate surface area is 131 Å². The topological polar surface area (TPSA) is 50.4 Å². The van der Waals surface area contributed by atoms with Gasteiger partial charge in [-0.3, -0.25) is 4.79 Å². The monoisotopic (exact) mass is 310 g/mol. The van der Waals surface area contributed by atoms with Crippen LogP contribution in [0.2, 0.25) is 5.02 Å². The second kappa shape index (κ2) is 7.78. The number of methoxy groups -OCH3 is 1. The van der Waals surface area contributed by atoms with E-state index in [2.05, 4.69) is 10.6 Å². The molecule has 0 radical (unpaired) electrons. The summed E-state index contributed by atoms with van der Waals surface area (Å²) in [6.45, 7) is 3.27. The van der Waals surface area contributed by atoms with Crippen molar-refractivity contribution in [3.05, 3.63) is 28.8 Å². The van der Waals surface area contributed by atoms with Gasteiger partial charge in [-0.25, -0.2) is 0 Å². The van der Waals surface area contributed by atoms with Crippen molar-refractivity contribution >= 4 is 23.2 Å². The number of hydrogen-bond donors (Lipinski definition) is 2. The van der Waals surface area contributed by atoms with Gasteiger partial charge in [-0.2, -0.15) is 0 Å². The fraction of sp³-hybridized carbons (Fsp3) is 0.562. The van der Waals surface area contributed by atoms with Gasteiger partial charge >= 0.3 is 0 Å². The molecule has 1 aliphatic carbocycles. The minimum Gasteiger partial charge on any atom is -0.383 e. The fourth-order valence-corrected chi connectivity index (χ4v) is 2.54. The Bertz CT molecular complexity index is 489. The minimum absolute atomic E-state index is 0.000157. The molecule has 5 heteroatoms. The quantitative estimate of drug-likeness (QED) is 0.776. The number of ether oxygens (including phenoxy) is 1. The van der Waals surface area contributed by atoms with Crippen molar-refractivity contribution < 1.29 is 9.53 Å². The Hall–Kier alpha value is -1.10. The van der Waals surface area contributed by atoms with E-state index >= 15 is 0 Å². The summed E-state index contributed by atoms with van der Waals surface area (Å²) in [5.41, 5.74) is 1.68. The van der Waals surface area contributed by atoms with Crippen LogP contribution in [0, 0.1) is 12.8 Å². The lowest BCUT2D eigenvalue weighted by Crippen LogP contribution is -2.37. The van der Waals surface area contributed by atoms with E-state index in [0.29, 0.717) is 36.6 Å². The molecule has 0 spiro atoms. The lowest BCUT2D eigenvalue weighted by molar-refractivity contribution is -0.116. The Kier molecular flexibility index (Phi) is 6.03. The van der Waals surface area contributed by atoms with Crippen LogP contribution in [0.4, 0.5) is 5.69 Å². The number of benzene rings is 1. The zero-order valence-corrected chi connectivity index (χ0v) is 13.4. The number of rotatable bonds is 8. The molecule has 1 aliphatic rings. The van der Waals surface area contributed by atoms with E-state index in [1.165, 1.54) is 12.8 Å². The predicted octanol–water partition coefficient (Wildman–Crippen LogP) is 2.99. The van der Waals surface area contributed by atoms with Crippen molar-refractivity contribution in [1.29, 1.82) is 0 Å². The molecule has 0 aromatic heterocycles. The molecule has 116 valence electrons. The Morgan fingerprint density at radius 2 is 2.24 bits per heavy atom. The highest BCUT2D eigenvalue weighted by Crippen LogP contribution is 2.32. The van der Waals surface area contributed by atoms with Crippen LogP contribution in [-0.4, -0.2) is 32.2 Å². The van der Waals surface area contributed by atoms with Gasteiger partial charge in [-0.15, -0.1) is 0 Å². The molecule has 1 amide bonds. The van der Waals surface area contributed by atoms with E-state index in [9.17, 15) is 4.79 Å². The molecule has 4 nitrogen and oxygen atoms in total. The number of nitrogens with one attached hydrogen (secondary N) is 2. The van der Waals surface area contributed by atoms with Gasteiger partial charge in [0.2, 0.25) is 5.91 Å². The first-order valence-corrected chi connectivity index (χ1v) is 7.77. The third-order valence-electron chi connectivity index (χ3n) is 3.84. The average molecular weight is 311 g/mol. The summed E-state index contributed by atoms with van der Waals surface area (Å²) in [5.74, 6) is 0.711. The first kappa shape index (κ1) is 16.3. The maximum absolute atomic E-state index is 12.0. The van der Waals surface area contributed by atoms with Gasteiger partial charge in [0.1, 0.15) is 0 Å². The average Bonchev–Trinajstić information content (AvgIpc) is 3.27. The van der Waals surface area contributed by atoms with E-state index in [1.54, 1.807) is 7.11 Å². The standard InChI is InChI=1S/C16H23ClN2O2/c1-11-13(17)4-3-5-14(11)19-16(20)8-9-18-15(10-21-2)12-6-7-12/h3-5,12,15,18H,6-10H2,1-2H3,(H,19,20)/t15-/m0/s1. The number of hydrogen-bond acceptors (Lipinski definition) is 3.